The van der Waals surface area contributed by atoms with Crippen LogP contribution in [0.2, 0.25) is 0 Å². The second-order valence-corrected chi connectivity index (χ2v) is 10.5. The summed E-state index contributed by atoms with van der Waals surface area (Å²) in [5.41, 5.74) is 23.0. The van der Waals surface area contributed by atoms with E-state index in [0.29, 0.717) is 37.1 Å². The Hall–Kier alpha value is -3.56. The Morgan fingerprint density at radius 3 is 2.00 bits per heavy atom. The van der Waals surface area contributed by atoms with Crippen LogP contribution in [0.25, 0.3) is 0 Å². The van der Waals surface area contributed by atoms with Gasteiger partial charge in [-0.15, -0.1) is 0 Å². The van der Waals surface area contributed by atoms with Gasteiger partial charge in [0.1, 0.15) is 23.9 Å². The first-order chi connectivity index (χ1) is 19.5. The maximum absolute atomic E-state index is 13.3. The minimum atomic E-state index is -1.18. The van der Waals surface area contributed by atoms with Gasteiger partial charge in [0.25, 0.3) is 0 Å². The van der Waals surface area contributed by atoms with Crippen LogP contribution in [-0.2, 0) is 25.6 Å². The predicted octanol–water partition coefficient (Wildman–Crippen LogP) is -1.26. The molecule has 0 fully saturated rings. The molecule has 14 nitrogen and oxygen atoms in total. The van der Waals surface area contributed by atoms with Crippen molar-refractivity contribution in [2.45, 2.75) is 69.1 Å². The summed E-state index contributed by atoms with van der Waals surface area (Å²) in [7, 11) is 0. The Morgan fingerprint density at radius 1 is 0.878 bits per heavy atom. The Bertz CT molecular complexity index is 1010. The highest BCUT2D eigenvalue weighted by Gasteiger charge is 2.30. The van der Waals surface area contributed by atoms with Crippen molar-refractivity contribution in [2.75, 3.05) is 25.1 Å². The Kier molecular flexibility index (Phi) is 16.9. The van der Waals surface area contributed by atoms with Gasteiger partial charge in [0, 0.05) is 6.54 Å². The fraction of sp³-hybridized carbons (Fsp3) is 0.577. The monoisotopic (exact) mass is 596 g/mol. The molecule has 1 aromatic carbocycles. The number of carbonyl (C=O) groups excluding carboxylic acids is 3. The highest BCUT2D eigenvalue weighted by Crippen LogP contribution is 2.12. The predicted molar refractivity (Wildman–Crippen MR) is 159 cm³/mol. The molecule has 0 spiro atoms. The molecule has 41 heavy (non-hydrogen) atoms. The minimum absolute atomic E-state index is 0.0783. The van der Waals surface area contributed by atoms with E-state index < -0.39 is 47.9 Å². The standard InChI is InChI=1S/C26H44N8O6S/c1-41-14-11-20(24(38)34-21(25(39)40)5-2-3-12-27)33-23(37)19(6-4-13-31-26(29)30)32-22(36)18(28)15-16-7-9-17(35)10-8-16/h7-10,18-21,35H,2-6,11-15,27-28H2,1H3,(H,32,36)(H,33,37)(H,34,38)(H,39,40)(H4,29,30,31). The van der Waals surface area contributed by atoms with Crippen molar-refractivity contribution >= 4 is 41.4 Å². The number of guanidine groups is 1. The zero-order valence-electron chi connectivity index (χ0n) is 23.4. The molecule has 0 aliphatic carbocycles. The molecule has 3 amide bonds. The van der Waals surface area contributed by atoms with E-state index in [1.54, 1.807) is 12.1 Å². The van der Waals surface area contributed by atoms with E-state index >= 15 is 0 Å². The number of aliphatic carboxylic acids is 1. The topological polar surface area (TPSA) is 261 Å². The number of aromatic hydroxyl groups is 1. The average Bonchev–Trinajstić information content (AvgIpc) is 2.92. The first-order valence-electron chi connectivity index (χ1n) is 13.4. The van der Waals surface area contributed by atoms with Crippen LogP contribution in [-0.4, -0.2) is 89.1 Å². The number of aliphatic imine (C=N–C) groups is 1. The molecule has 15 heteroatoms. The third-order valence-corrected chi connectivity index (χ3v) is 6.76. The normalized spacial score (nSPS) is 13.7. The lowest BCUT2D eigenvalue weighted by atomic mass is 10.0. The molecular weight excluding hydrogens is 552 g/mol. The van der Waals surface area contributed by atoms with Crippen LogP contribution in [0.3, 0.4) is 0 Å². The number of carboxylic acids is 1. The molecule has 4 unspecified atom stereocenters. The number of hydrogen-bond acceptors (Lipinski definition) is 9. The van der Waals surface area contributed by atoms with E-state index in [1.165, 1.54) is 23.9 Å². The molecule has 13 N–H and O–H groups in total. The number of thioether (sulfide) groups is 1. The van der Waals surface area contributed by atoms with Crippen molar-refractivity contribution in [3.63, 3.8) is 0 Å². The van der Waals surface area contributed by atoms with E-state index in [9.17, 15) is 29.4 Å². The highest BCUT2D eigenvalue weighted by molar-refractivity contribution is 7.98. The highest BCUT2D eigenvalue weighted by atomic mass is 32.2. The summed E-state index contributed by atoms with van der Waals surface area (Å²) in [6, 6.07) is 2.01. The van der Waals surface area contributed by atoms with Gasteiger partial charge in [-0.05, 0) is 81.2 Å². The van der Waals surface area contributed by atoms with Crippen LogP contribution in [0, 0.1) is 0 Å². The molecule has 0 saturated carbocycles. The lowest BCUT2D eigenvalue weighted by molar-refractivity contribution is -0.142. The van der Waals surface area contributed by atoms with Gasteiger partial charge >= 0.3 is 5.97 Å². The number of amides is 3. The molecule has 0 radical (unpaired) electrons. The number of carboxylic acid groups (broad SMARTS) is 1. The van der Waals surface area contributed by atoms with Gasteiger partial charge in [0.05, 0.1) is 6.04 Å². The van der Waals surface area contributed by atoms with Gasteiger partial charge in [-0.3, -0.25) is 19.4 Å². The van der Waals surface area contributed by atoms with Crippen molar-refractivity contribution in [1.29, 1.82) is 0 Å². The molecule has 230 valence electrons. The fourth-order valence-corrected chi connectivity index (χ4v) is 4.30. The van der Waals surface area contributed by atoms with Crippen molar-refractivity contribution in [2.24, 2.45) is 27.9 Å². The largest absolute Gasteiger partial charge is 0.508 e. The number of nitrogens with two attached hydrogens (primary N) is 4. The Morgan fingerprint density at radius 2 is 1.44 bits per heavy atom. The van der Waals surface area contributed by atoms with Crippen LogP contribution in [0.5, 0.6) is 5.75 Å². The van der Waals surface area contributed by atoms with Crippen LogP contribution in [0.1, 0.15) is 44.1 Å². The van der Waals surface area contributed by atoms with E-state index in [0.717, 1.165) is 0 Å². The molecule has 1 aromatic rings. The van der Waals surface area contributed by atoms with E-state index in [1.807, 2.05) is 6.26 Å². The SMILES string of the molecule is CSCCC(NC(=O)C(CCCN=C(N)N)NC(=O)C(N)Cc1ccc(O)cc1)C(=O)NC(CCCCN)C(=O)O. The van der Waals surface area contributed by atoms with E-state index in [-0.39, 0.29) is 43.9 Å². The summed E-state index contributed by atoms with van der Waals surface area (Å²) in [5, 5.41) is 26.8. The summed E-state index contributed by atoms with van der Waals surface area (Å²) in [5.74, 6) is -2.55. The molecule has 0 aliphatic rings. The fourth-order valence-electron chi connectivity index (χ4n) is 3.83. The molecule has 0 heterocycles. The van der Waals surface area contributed by atoms with Crippen LogP contribution in [0.15, 0.2) is 29.3 Å². The summed E-state index contributed by atoms with van der Waals surface area (Å²) >= 11 is 1.46. The van der Waals surface area contributed by atoms with Gasteiger partial charge in [-0.1, -0.05) is 12.1 Å². The molecular formula is C26H44N8O6S. The van der Waals surface area contributed by atoms with Crippen LogP contribution in [0.4, 0.5) is 0 Å². The van der Waals surface area contributed by atoms with E-state index in [2.05, 4.69) is 20.9 Å². The van der Waals surface area contributed by atoms with Gasteiger partial charge in [-0.25, -0.2) is 4.79 Å². The van der Waals surface area contributed by atoms with Crippen molar-refractivity contribution in [3.05, 3.63) is 29.8 Å². The number of unbranched alkanes of at least 4 members (excludes halogenated alkanes) is 1. The van der Waals surface area contributed by atoms with Crippen molar-refractivity contribution < 1.29 is 29.4 Å². The Balaban J connectivity index is 3.00. The minimum Gasteiger partial charge on any atom is -0.508 e. The number of carbonyl (C=O) groups is 4. The molecule has 0 bridgehead atoms. The lowest BCUT2D eigenvalue weighted by Crippen LogP contribution is -2.57. The number of nitrogens with zero attached hydrogens (tertiary/aromatic N) is 1. The van der Waals surface area contributed by atoms with E-state index in [4.69, 9.17) is 22.9 Å². The third-order valence-electron chi connectivity index (χ3n) is 6.11. The van der Waals surface area contributed by atoms with Gasteiger partial charge in [0.15, 0.2) is 5.96 Å². The summed E-state index contributed by atoms with van der Waals surface area (Å²) in [6.07, 6.45) is 4.06. The zero-order valence-corrected chi connectivity index (χ0v) is 24.2. The number of benzene rings is 1. The maximum atomic E-state index is 13.3. The first-order valence-corrected chi connectivity index (χ1v) is 14.8. The summed E-state index contributed by atoms with van der Waals surface area (Å²) in [4.78, 5) is 54.9. The summed E-state index contributed by atoms with van der Waals surface area (Å²) in [6.45, 7) is 0.614. The number of rotatable bonds is 20. The molecule has 0 saturated heterocycles. The van der Waals surface area contributed by atoms with Crippen LogP contribution < -0.4 is 38.9 Å². The first kappa shape index (κ1) is 35.5. The maximum Gasteiger partial charge on any atom is 0.326 e. The quantitative estimate of drug-likeness (QED) is 0.0487. The number of phenols is 1. The third kappa shape index (κ3) is 14.6. The lowest BCUT2D eigenvalue weighted by Gasteiger charge is -2.25. The molecule has 1 rings (SSSR count). The zero-order chi connectivity index (χ0) is 30.8. The molecule has 4 atom stereocenters. The van der Waals surface area contributed by atoms with Crippen molar-refractivity contribution in [3.8, 4) is 5.75 Å². The number of nitrogens with one attached hydrogen (secondary N) is 3. The second kappa shape index (κ2) is 19.5. The molecule has 0 aromatic heterocycles. The summed E-state index contributed by atoms with van der Waals surface area (Å²) < 4.78 is 0. The van der Waals surface area contributed by atoms with Gasteiger partial charge in [0.2, 0.25) is 17.7 Å². The number of phenolic OH excluding ortho intramolecular Hbond substituents is 1. The molecule has 0 aliphatic heterocycles. The number of hydrogen-bond donors (Lipinski definition) is 9. The van der Waals surface area contributed by atoms with Gasteiger partial charge < -0.3 is 49.1 Å². The van der Waals surface area contributed by atoms with Crippen molar-refractivity contribution in [1.82, 2.24) is 16.0 Å². The van der Waals surface area contributed by atoms with Crippen LogP contribution >= 0.6 is 11.8 Å². The second-order valence-electron chi connectivity index (χ2n) is 9.51. The Labute approximate surface area is 244 Å². The average molecular weight is 597 g/mol. The smallest absolute Gasteiger partial charge is 0.326 e. The van der Waals surface area contributed by atoms with Gasteiger partial charge in [-0.2, -0.15) is 11.8 Å².